The summed E-state index contributed by atoms with van der Waals surface area (Å²) in [5.41, 5.74) is 0. The van der Waals surface area contributed by atoms with Crippen LogP contribution in [0, 0.1) is 0 Å². The predicted octanol–water partition coefficient (Wildman–Crippen LogP) is 1.55. The van der Waals surface area contributed by atoms with E-state index in [4.69, 9.17) is 0 Å². The third kappa shape index (κ3) is 2.94. The van der Waals surface area contributed by atoms with Crippen LogP contribution < -0.4 is 5.32 Å². The van der Waals surface area contributed by atoms with Crippen LogP contribution in [0.25, 0.3) is 0 Å². The lowest BCUT2D eigenvalue weighted by molar-refractivity contribution is -0.134. The van der Waals surface area contributed by atoms with Gasteiger partial charge in [-0.3, -0.25) is 0 Å². The van der Waals surface area contributed by atoms with Gasteiger partial charge in [0, 0.05) is 23.6 Å². The van der Waals surface area contributed by atoms with Gasteiger partial charge in [0.1, 0.15) is 0 Å². The van der Waals surface area contributed by atoms with E-state index in [1.165, 1.54) is 32.4 Å². The molecule has 0 heterocycles. The van der Waals surface area contributed by atoms with Crippen molar-refractivity contribution < 1.29 is 9.53 Å². The molecule has 1 N–H and O–H groups in total. The first-order chi connectivity index (χ1) is 6.72. The molecule has 3 nitrogen and oxygen atoms in total. The van der Waals surface area contributed by atoms with Gasteiger partial charge in [0.2, 0.25) is 0 Å². The molecule has 0 aliphatic heterocycles. The normalized spacial score (nSPS) is 19.0. The van der Waals surface area contributed by atoms with Crippen molar-refractivity contribution in [3.63, 3.8) is 0 Å². The molecule has 0 saturated heterocycles. The first kappa shape index (κ1) is 11.4. The molecule has 1 saturated carbocycles. The van der Waals surface area contributed by atoms with Gasteiger partial charge in [0.05, 0.1) is 7.11 Å². The van der Waals surface area contributed by atoms with Gasteiger partial charge >= 0.3 is 5.97 Å². The second-order valence-corrected chi connectivity index (χ2v) is 4.75. The van der Waals surface area contributed by atoms with E-state index in [9.17, 15) is 4.79 Å². The first-order valence-electron chi connectivity index (χ1n) is 4.75. The molecule has 1 aliphatic carbocycles. The Morgan fingerprint density at radius 1 is 1.64 bits per heavy atom. The lowest BCUT2D eigenvalue weighted by Gasteiger charge is -2.40. The predicted molar refractivity (Wildman–Crippen MR) is 59.3 cm³/mol. The summed E-state index contributed by atoms with van der Waals surface area (Å²) in [5, 5.41) is 3.14. The van der Waals surface area contributed by atoms with Gasteiger partial charge in [-0.1, -0.05) is 6.42 Å². The molecular weight excluding hydrogens is 198 g/mol. The van der Waals surface area contributed by atoms with Crippen LogP contribution in [0.3, 0.4) is 0 Å². The SMILES string of the molecule is COC(=O)/C=C/NCC1(SC)CCC1. The zero-order valence-corrected chi connectivity index (χ0v) is 9.52. The molecular formula is C10H17NO2S. The highest BCUT2D eigenvalue weighted by Gasteiger charge is 2.35. The molecule has 0 radical (unpaired) electrons. The largest absolute Gasteiger partial charge is 0.466 e. The van der Waals surface area contributed by atoms with Crippen molar-refractivity contribution in [3.05, 3.63) is 12.3 Å². The van der Waals surface area contributed by atoms with Gasteiger partial charge in [0.15, 0.2) is 0 Å². The molecule has 14 heavy (non-hydrogen) atoms. The summed E-state index contributed by atoms with van der Waals surface area (Å²) >= 11 is 1.91. The number of methoxy groups -OCH3 is 1. The van der Waals surface area contributed by atoms with Crippen molar-refractivity contribution in [3.8, 4) is 0 Å². The number of nitrogens with one attached hydrogen (secondary N) is 1. The van der Waals surface area contributed by atoms with Crippen molar-refractivity contribution in [1.82, 2.24) is 5.32 Å². The minimum Gasteiger partial charge on any atom is -0.466 e. The fourth-order valence-corrected chi connectivity index (χ4v) is 2.39. The molecule has 0 unspecified atom stereocenters. The minimum atomic E-state index is -0.315. The number of ether oxygens (including phenoxy) is 1. The minimum absolute atomic E-state index is 0.315. The molecule has 1 fully saturated rings. The van der Waals surface area contributed by atoms with E-state index in [-0.39, 0.29) is 5.97 Å². The Balaban J connectivity index is 2.20. The van der Waals surface area contributed by atoms with E-state index < -0.39 is 0 Å². The monoisotopic (exact) mass is 215 g/mol. The number of esters is 1. The van der Waals surface area contributed by atoms with Crippen LogP contribution in [0.2, 0.25) is 0 Å². The van der Waals surface area contributed by atoms with Crippen molar-refractivity contribution in [1.29, 1.82) is 0 Å². The first-order valence-corrected chi connectivity index (χ1v) is 5.98. The van der Waals surface area contributed by atoms with E-state index in [0.29, 0.717) is 4.75 Å². The summed E-state index contributed by atoms with van der Waals surface area (Å²) in [7, 11) is 1.38. The molecule has 0 aromatic rings. The summed E-state index contributed by atoms with van der Waals surface area (Å²) in [6.45, 7) is 0.932. The number of hydrogen-bond donors (Lipinski definition) is 1. The summed E-state index contributed by atoms with van der Waals surface area (Å²) < 4.78 is 4.88. The third-order valence-corrected chi connectivity index (χ3v) is 4.08. The van der Waals surface area contributed by atoms with Gasteiger partial charge < -0.3 is 10.1 Å². The number of hydrogen-bond acceptors (Lipinski definition) is 4. The highest BCUT2D eigenvalue weighted by Crippen LogP contribution is 2.42. The van der Waals surface area contributed by atoms with Crippen LogP contribution >= 0.6 is 11.8 Å². The van der Waals surface area contributed by atoms with Crippen LogP contribution in [0.15, 0.2) is 12.3 Å². The van der Waals surface area contributed by atoms with Gasteiger partial charge in [0.25, 0.3) is 0 Å². The Bertz CT molecular complexity index is 219. The number of thioether (sulfide) groups is 1. The molecule has 0 spiro atoms. The van der Waals surface area contributed by atoms with Gasteiger partial charge in [-0.05, 0) is 19.1 Å². The topological polar surface area (TPSA) is 38.3 Å². The maximum absolute atomic E-state index is 10.7. The highest BCUT2D eigenvalue weighted by atomic mass is 32.2. The van der Waals surface area contributed by atoms with E-state index in [0.717, 1.165) is 6.54 Å². The van der Waals surface area contributed by atoms with Crippen molar-refractivity contribution in [2.45, 2.75) is 24.0 Å². The van der Waals surface area contributed by atoms with Crippen molar-refractivity contribution >= 4 is 17.7 Å². The van der Waals surface area contributed by atoms with Gasteiger partial charge in [-0.15, -0.1) is 0 Å². The molecule has 1 rings (SSSR count). The summed E-state index contributed by atoms with van der Waals surface area (Å²) in [6, 6.07) is 0. The van der Waals surface area contributed by atoms with Gasteiger partial charge in [-0.25, -0.2) is 4.79 Å². The Kier molecular flexibility index (Phi) is 4.32. The summed E-state index contributed by atoms with van der Waals surface area (Å²) in [6.07, 6.45) is 9.09. The average Bonchev–Trinajstić information content (AvgIpc) is 2.15. The van der Waals surface area contributed by atoms with Crippen LogP contribution in [-0.4, -0.2) is 30.6 Å². The maximum Gasteiger partial charge on any atom is 0.331 e. The molecule has 0 aromatic heterocycles. The van der Waals surface area contributed by atoms with Gasteiger partial charge in [-0.2, -0.15) is 11.8 Å². The zero-order valence-electron chi connectivity index (χ0n) is 8.71. The zero-order chi connectivity index (χ0) is 10.4. The van der Waals surface area contributed by atoms with Crippen molar-refractivity contribution in [2.24, 2.45) is 0 Å². The average molecular weight is 215 g/mol. The molecule has 0 bridgehead atoms. The Morgan fingerprint density at radius 2 is 2.36 bits per heavy atom. The standard InChI is InChI=1S/C10H17NO2S/c1-13-9(12)4-7-11-8-10(14-2)5-3-6-10/h4,7,11H,3,5-6,8H2,1-2H3/b7-4+. The van der Waals surface area contributed by atoms with Crippen molar-refractivity contribution in [2.75, 3.05) is 19.9 Å². The van der Waals surface area contributed by atoms with E-state index in [2.05, 4.69) is 16.3 Å². The number of rotatable bonds is 5. The molecule has 0 atom stereocenters. The second-order valence-electron chi connectivity index (χ2n) is 3.48. The number of carbonyl (C=O) groups is 1. The van der Waals surface area contributed by atoms with Crippen LogP contribution in [-0.2, 0) is 9.53 Å². The maximum atomic E-state index is 10.7. The van der Waals surface area contributed by atoms with Crippen LogP contribution in [0.1, 0.15) is 19.3 Å². The fourth-order valence-electron chi connectivity index (χ4n) is 1.46. The smallest absolute Gasteiger partial charge is 0.331 e. The number of carbonyl (C=O) groups excluding carboxylic acids is 1. The lowest BCUT2D eigenvalue weighted by atomic mass is 9.84. The molecule has 1 aliphatic rings. The van der Waals surface area contributed by atoms with Crippen LogP contribution in [0.5, 0.6) is 0 Å². The van der Waals surface area contributed by atoms with E-state index >= 15 is 0 Å². The molecule has 4 heteroatoms. The van der Waals surface area contributed by atoms with E-state index in [1.54, 1.807) is 6.20 Å². The van der Waals surface area contributed by atoms with E-state index in [1.807, 2.05) is 11.8 Å². The Hall–Kier alpha value is -0.640. The quantitative estimate of drug-likeness (QED) is 0.558. The summed E-state index contributed by atoms with van der Waals surface area (Å²) in [4.78, 5) is 10.7. The Morgan fingerprint density at radius 3 is 2.79 bits per heavy atom. The highest BCUT2D eigenvalue weighted by molar-refractivity contribution is 8.00. The van der Waals surface area contributed by atoms with Crippen LogP contribution in [0.4, 0.5) is 0 Å². The summed E-state index contributed by atoms with van der Waals surface area (Å²) in [5.74, 6) is -0.315. The molecule has 0 amide bonds. The fraction of sp³-hybridized carbons (Fsp3) is 0.700. The third-order valence-electron chi connectivity index (χ3n) is 2.66. The lowest BCUT2D eigenvalue weighted by Crippen LogP contribution is -2.41. The molecule has 80 valence electrons. The Labute approximate surface area is 89.3 Å². The molecule has 0 aromatic carbocycles. The second kappa shape index (κ2) is 5.29.